The SMILES string of the molecule is CC(=O)Oc1cc2ccccc2cc1C(=O)NC(C(=O)O)C(C)C. The minimum Gasteiger partial charge on any atom is -0.480 e. The highest BCUT2D eigenvalue weighted by Crippen LogP contribution is 2.26. The number of carboxylic acid groups (broad SMARTS) is 1. The zero-order valence-electron chi connectivity index (χ0n) is 13.7. The summed E-state index contributed by atoms with van der Waals surface area (Å²) < 4.78 is 5.13. The number of fused-ring (bicyclic) bond motifs is 1. The second-order valence-electron chi connectivity index (χ2n) is 5.82. The molecule has 0 aliphatic carbocycles. The monoisotopic (exact) mass is 329 g/mol. The van der Waals surface area contributed by atoms with Gasteiger partial charge in [0.2, 0.25) is 0 Å². The molecule has 0 radical (unpaired) electrons. The third-order valence-corrected chi connectivity index (χ3v) is 3.57. The van der Waals surface area contributed by atoms with Crippen molar-refractivity contribution in [1.29, 1.82) is 0 Å². The number of carbonyl (C=O) groups is 3. The number of rotatable bonds is 5. The molecule has 1 amide bonds. The van der Waals surface area contributed by atoms with Gasteiger partial charge in [-0.15, -0.1) is 0 Å². The lowest BCUT2D eigenvalue weighted by atomic mass is 10.0. The predicted octanol–water partition coefficient (Wildman–Crippen LogP) is 2.60. The number of carbonyl (C=O) groups excluding carboxylic acids is 2. The van der Waals surface area contributed by atoms with E-state index >= 15 is 0 Å². The molecule has 0 spiro atoms. The largest absolute Gasteiger partial charge is 0.480 e. The molecule has 0 bridgehead atoms. The quantitative estimate of drug-likeness (QED) is 0.650. The first-order valence-electron chi connectivity index (χ1n) is 7.54. The first-order valence-corrected chi connectivity index (χ1v) is 7.54. The van der Waals surface area contributed by atoms with E-state index in [1.807, 2.05) is 24.3 Å². The van der Waals surface area contributed by atoms with Gasteiger partial charge >= 0.3 is 11.9 Å². The number of ether oxygens (including phenoxy) is 1. The Kier molecular flexibility index (Phi) is 5.18. The van der Waals surface area contributed by atoms with E-state index < -0.39 is 23.9 Å². The van der Waals surface area contributed by atoms with Crippen LogP contribution < -0.4 is 10.1 Å². The van der Waals surface area contributed by atoms with Crippen LogP contribution in [-0.4, -0.2) is 29.0 Å². The maximum absolute atomic E-state index is 12.5. The van der Waals surface area contributed by atoms with Crippen LogP contribution in [0.2, 0.25) is 0 Å². The number of nitrogens with one attached hydrogen (secondary N) is 1. The second-order valence-corrected chi connectivity index (χ2v) is 5.82. The Bertz CT molecular complexity index is 797. The molecule has 0 heterocycles. The fraction of sp³-hybridized carbons (Fsp3) is 0.278. The number of hydrogen-bond acceptors (Lipinski definition) is 4. The molecule has 2 aromatic rings. The van der Waals surface area contributed by atoms with Crippen molar-refractivity contribution in [1.82, 2.24) is 5.32 Å². The van der Waals surface area contributed by atoms with Crippen LogP contribution >= 0.6 is 0 Å². The van der Waals surface area contributed by atoms with Crippen molar-refractivity contribution in [2.75, 3.05) is 0 Å². The van der Waals surface area contributed by atoms with Gasteiger partial charge in [-0.25, -0.2) is 4.79 Å². The summed E-state index contributed by atoms with van der Waals surface area (Å²) in [5.41, 5.74) is 0.121. The van der Waals surface area contributed by atoms with Crippen molar-refractivity contribution < 1.29 is 24.2 Å². The number of aliphatic carboxylic acids is 1. The van der Waals surface area contributed by atoms with Gasteiger partial charge in [0.1, 0.15) is 11.8 Å². The van der Waals surface area contributed by atoms with Crippen LogP contribution in [0, 0.1) is 5.92 Å². The predicted molar refractivity (Wildman–Crippen MR) is 89.0 cm³/mol. The molecule has 2 rings (SSSR count). The average Bonchev–Trinajstić information content (AvgIpc) is 2.50. The molecule has 24 heavy (non-hydrogen) atoms. The lowest BCUT2D eigenvalue weighted by Gasteiger charge is -2.19. The second kappa shape index (κ2) is 7.12. The molecule has 6 nitrogen and oxygen atoms in total. The fourth-order valence-corrected chi connectivity index (χ4v) is 2.37. The smallest absolute Gasteiger partial charge is 0.326 e. The third-order valence-electron chi connectivity index (χ3n) is 3.57. The molecule has 126 valence electrons. The van der Waals surface area contributed by atoms with Crippen LogP contribution in [0.5, 0.6) is 5.75 Å². The highest BCUT2D eigenvalue weighted by molar-refractivity contribution is 6.03. The minimum atomic E-state index is -1.12. The van der Waals surface area contributed by atoms with Gasteiger partial charge in [0.25, 0.3) is 5.91 Å². The molecule has 2 N–H and O–H groups in total. The number of esters is 1. The normalized spacial score (nSPS) is 12.0. The number of amides is 1. The van der Waals surface area contributed by atoms with E-state index in [9.17, 15) is 19.5 Å². The minimum absolute atomic E-state index is 0.103. The van der Waals surface area contributed by atoms with Crippen LogP contribution in [0.25, 0.3) is 10.8 Å². The molecule has 0 saturated heterocycles. The summed E-state index contributed by atoms with van der Waals surface area (Å²) >= 11 is 0. The molecule has 0 aromatic heterocycles. The zero-order valence-corrected chi connectivity index (χ0v) is 13.7. The summed E-state index contributed by atoms with van der Waals surface area (Å²) in [5, 5.41) is 13.3. The van der Waals surface area contributed by atoms with E-state index in [-0.39, 0.29) is 17.2 Å². The Hall–Kier alpha value is -2.89. The molecular formula is C18H19NO5. The Morgan fingerprint density at radius 3 is 2.17 bits per heavy atom. The Balaban J connectivity index is 2.46. The van der Waals surface area contributed by atoms with Crippen LogP contribution in [0.3, 0.4) is 0 Å². The zero-order chi connectivity index (χ0) is 17.9. The molecule has 1 atom stereocenters. The van der Waals surface area contributed by atoms with Crippen LogP contribution in [0.4, 0.5) is 0 Å². The molecule has 2 aromatic carbocycles. The Labute approximate surface area is 139 Å². The van der Waals surface area contributed by atoms with Crippen molar-refractivity contribution in [2.45, 2.75) is 26.8 Å². The molecule has 0 fully saturated rings. The van der Waals surface area contributed by atoms with Crippen molar-refractivity contribution in [2.24, 2.45) is 5.92 Å². The number of benzene rings is 2. The van der Waals surface area contributed by atoms with Gasteiger partial charge in [0.15, 0.2) is 0 Å². The van der Waals surface area contributed by atoms with Crippen molar-refractivity contribution in [3.63, 3.8) is 0 Å². The standard InChI is InChI=1S/C18H19NO5/c1-10(2)16(18(22)23)19-17(21)14-8-12-6-4-5-7-13(12)9-15(14)24-11(3)20/h4-10,16H,1-3H3,(H,19,21)(H,22,23). The molecule has 6 heteroatoms. The van der Waals surface area contributed by atoms with E-state index in [0.29, 0.717) is 0 Å². The number of hydrogen-bond donors (Lipinski definition) is 2. The summed E-state index contributed by atoms with van der Waals surface area (Å²) in [5.74, 6) is -2.46. The van der Waals surface area contributed by atoms with Crippen molar-refractivity contribution in [3.05, 3.63) is 42.0 Å². The Morgan fingerprint density at radius 2 is 1.67 bits per heavy atom. The van der Waals surface area contributed by atoms with Gasteiger partial charge in [-0.3, -0.25) is 9.59 Å². The topological polar surface area (TPSA) is 92.7 Å². The summed E-state index contributed by atoms with van der Waals surface area (Å²) in [6.07, 6.45) is 0. The molecule has 0 aliphatic heterocycles. The van der Waals surface area contributed by atoms with Gasteiger partial charge in [-0.05, 0) is 28.8 Å². The van der Waals surface area contributed by atoms with E-state index in [1.54, 1.807) is 26.0 Å². The summed E-state index contributed by atoms with van der Waals surface area (Å²) in [6.45, 7) is 4.64. The van der Waals surface area contributed by atoms with Crippen molar-refractivity contribution >= 4 is 28.6 Å². The van der Waals surface area contributed by atoms with Gasteiger partial charge in [-0.2, -0.15) is 0 Å². The highest BCUT2D eigenvalue weighted by atomic mass is 16.5. The summed E-state index contributed by atoms with van der Waals surface area (Å²) in [6, 6.07) is 9.45. The van der Waals surface area contributed by atoms with Gasteiger partial charge in [-0.1, -0.05) is 38.1 Å². The fourth-order valence-electron chi connectivity index (χ4n) is 2.37. The van der Waals surface area contributed by atoms with E-state index in [1.165, 1.54) is 6.92 Å². The van der Waals surface area contributed by atoms with E-state index in [2.05, 4.69) is 5.32 Å². The lowest BCUT2D eigenvalue weighted by Crippen LogP contribution is -2.44. The van der Waals surface area contributed by atoms with Crippen LogP contribution in [0.15, 0.2) is 36.4 Å². The van der Waals surface area contributed by atoms with Crippen molar-refractivity contribution in [3.8, 4) is 5.75 Å². The van der Waals surface area contributed by atoms with E-state index in [4.69, 9.17) is 4.74 Å². The first kappa shape index (κ1) is 17.5. The van der Waals surface area contributed by atoms with Gasteiger partial charge in [0.05, 0.1) is 5.56 Å². The van der Waals surface area contributed by atoms with Crippen LogP contribution in [0.1, 0.15) is 31.1 Å². The maximum atomic E-state index is 12.5. The van der Waals surface area contributed by atoms with Gasteiger partial charge in [0, 0.05) is 6.92 Å². The molecule has 1 unspecified atom stereocenters. The number of carboxylic acids is 1. The molecule has 0 aliphatic rings. The molecular weight excluding hydrogens is 310 g/mol. The van der Waals surface area contributed by atoms with Crippen LogP contribution in [-0.2, 0) is 9.59 Å². The van der Waals surface area contributed by atoms with Gasteiger partial charge < -0.3 is 15.2 Å². The first-order chi connectivity index (χ1) is 11.3. The maximum Gasteiger partial charge on any atom is 0.326 e. The van der Waals surface area contributed by atoms with E-state index in [0.717, 1.165) is 10.8 Å². The Morgan fingerprint density at radius 1 is 1.08 bits per heavy atom. The third kappa shape index (κ3) is 3.90. The lowest BCUT2D eigenvalue weighted by molar-refractivity contribution is -0.140. The summed E-state index contributed by atoms with van der Waals surface area (Å²) in [7, 11) is 0. The molecule has 0 saturated carbocycles. The summed E-state index contributed by atoms with van der Waals surface area (Å²) in [4.78, 5) is 35.1. The highest BCUT2D eigenvalue weighted by Gasteiger charge is 2.25. The average molecular weight is 329 g/mol.